The van der Waals surface area contributed by atoms with Crippen LogP contribution in [0.1, 0.15) is 18.5 Å². The minimum Gasteiger partial charge on any atom is -0.387 e. The molecule has 14 heteroatoms. The van der Waals surface area contributed by atoms with E-state index in [0.29, 0.717) is 22.3 Å². The quantitative estimate of drug-likeness (QED) is 0.221. The second kappa shape index (κ2) is 9.84. The van der Waals surface area contributed by atoms with Crippen LogP contribution >= 0.6 is 19.2 Å². The van der Waals surface area contributed by atoms with Crippen LogP contribution in [0.4, 0.5) is 10.1 Å². The summed E-state index contributed by atoms with van der Waals surface area (Å²) in [6, 6.07) is 7.58. The number of nitrogens with one attached hydrogen (secondary N) is 1. The number of aliphatic hydroxyl groups excluding tert-OH is 2. The summed E-state index contributed by atoms with van der Waals surface area (Å²) in [5.74, 6) is -0.351. The molecule has 0 bridgehead atoms. The van der Waals surface area contributed by atoms with Gasteiger partial charge in [-0.1, -0.05) is 29.8 Å². The van der Waals surface area contributed by atoms with Crippen LogP contribution in [0, 0.1) is 5.82 Å². The first-order valence-electron chi connectivity index (χ1n) is 10.2. The van der Waals surface area contributed by atoms with Gasteiger partial charge in [-0.3, -0.25) is 4.57 Å². The fourth-order valence-electron chi connectivity index (χ4n) is 3.75. The van der Waals surface area contributed by atoms with Gasteiger partial charge in [-0.25, -0.2) is 14.1 Å². The van der Waals surface area contributed by atoms with Gasteiger partial charge in [-0.05, 0) is 19.1 Å². The molecule has 11 nitrogen and oxygen atoms in total. The molecule has 1 fully saturated rings. The van der Waals surface area contributed by atoms with Crippen LogP contribution in [0.5, 0.6) is 0 Å². The highest BCUT2D eigenvalue weighted by Gasteiger charge is 2.44. The van der Waals surface area contributed by atoms with Gasteiger partial charge < -0.3 is 34.8 Å². The molecular formula is C20H23ClFN4O7P. The van der Waals surface area contributed by atoms with E-state index in [9.17, 15) is 19.2 Å². The number of anilines is 1. The number of aliphatic hydroxyl groups is 2. The number of ether oxygens (including phenoxy) is 2. The Labute approximate surface area is 198 Å². The number of aromatic nitrogens is 3. The van der Waals surface area contributed by atoms with Crippen LogP contribution in [-0.4, -0.2) is 65.7 Å². The first kappa shape index (κ1) is 25.0. The van der Waals surface area contributed by atoms with Crippen LogP contribution in [0.3, 0.4) is 0 Å². The Kier molecular flexibility index (Phi) is 7.22. The molecule has 0 unspecified atom stereocenters. The number of hydrogen-bond donors (Lipinski definition) is 5. The first-order valence-corrected chi connectivity index (χ1v) is 12.4. The van der Waals surface area contributed by atoms with Crippen molar-refractivity contribution in [3.63, 3.8) is 0 Å². The lowest BCUT2D eigenvalue weighted by Gasteiger charge is -2.18. The Balaban J connectivity index is 1.54. The summed E-state index contributed by atoms with van der Waals surface area (Å²) in [4.78, 5) is 22.2. The fraction of sp³-hybridized carbons (Fsp3) is 0.400. The Morgan fingerprint density at radius 2 is 2.06 bits per heavy atom. The summed E-state index contributed by atoms with van der Waals surface area (Å²) in [7, 11) is -4.49. The van der Waals surface area contributed by atoms with E-state index in [2.05, 4.69) is 15.4 Å². The van der Waals surface area contributed by atoms with E-state index < -0.39 is 44.6 Å². The van der Waals surface area contributed by atoms with Gasteiger partial charge >= 0.3 is 7.60 Å². The number of rotatable bonds is 8. The van der Waals surface area contributed by atoms with E-state index in [4.69, 9.17) is 30.9 Å². The molecule has 0 amide bonds. The standard InChI is InChI=1S/C20H23ClFN4O7P/c1-10(11-4-2-3-5-13(11)22)24-14-6-16(21)25-19-12(14)7-23-26(19)8-15-17(27)18(28)20(33-15)32-9-34(29,30)31/h2-7,10,15,17-18,20,27-28H,8-9H2,1H3,(H,24,25)(H2,29,30,31)/t10-,15+,17-,18-,20+/m0/s1. The van der Waals surface area contributed by atoms with Gasteiger partial charge in [-0.2, -0.15) is 5.10 Å². The van der Waals surface area contributed by atoms with Gasteiger partial charge in [0.15, 0.2) is 18.3 Å². The highest BCUT2D eigenvalue weighted by Crippen LogP contribution is 2.36. The number of fused-ring (bicyclic) bond motifs is 1. The van der Waals surface area contributed by atoms with E-state index in [1.54, 1.807) is 31.2 Å². The van der Waals surface area contributed by atoms with Crippen molar-refractivity contribution in [1.82, 2.24) is 14.8 Å². The predicted octanol–water partition coefficient (Wildman–Crippen LogP) is 2.00. The zero-order chi connectivity index (χ0) is 24.6. The summed E-state index contributed by atoms with van der Waals surface area (Å²) >= 11 is 6.21. The minimum absolute atomic E-state index is 0.0624. The molecule has 2 aromatic heterocycles. The maximum absolute atomic E-state index is 14.2. The van der Waals surface area contributed by atoms with E-state index >= 15 is 0 Å². The van der Waals surface area contributed by atoms with Crippen molar-refractivity contribution >= 4 is 35.9 Å². The van der Waals surface area contributed by atoms with Crippen molar-refractivity contribution in [2.24, 2.45) is 0 Å². The zero-order valence-corrected chi connectivity index (χ0v) is 19.5. The molecule has 1 saturated heterocycles. The van der Waals surface area contributed by atoms with Gasteiger partial charge in [-0.15, -0.1) is 0 Å². The van der Waals surface area contributed by atoms with Crippen molar-refractivity contribution in [2.45, 2.75) is 44.1 Å². The average Bonchev–Trinajstić information content (AvgIpc) is 3.28. The van der Waals surface area contributed by atoms with Gasteiger partial charge in [0.05, 0.1) is 29.9 Å². The second-order valence-corrected chi connectivity index (χ2v) is 9.90. The van der Waals surface area contributed by atoms with E-state index in [-0.39, 0.29) is 17.5 Å². The van der Waals surface area contributed by atoms with Crippen molar-refractivity contribution in [3.8, 4) is 0 Å². The molecule has 1 aliphatic heterocycles. The molecule has 0 aliphatic carbocycles. The lowest BCUT2D eigenvalue weighted by atomic mass is 10.1. The molecular weight excluding hydrogens is 494 g/mol. The van der Waals surface area contributed by atoms with Crippen molar-refractivity contribution in [3.05, 3.63) is 53.1 Å². The van der Waals surface area contributed by atoms with E-state index in [1.807, 2.05) is 0 Å². The Bertz CT molecular complexity index is 1220. The third-order valence-corrected chi connectivity index (χ3v) is 6.08. The summed E-state index contributed by atoms with van der Waals surface area (Å²) < 4.78 is 37.0. The number of pyridine rings is 1. The molecule has 0 radical (unpaired) electrons. The SMILES string of the molecule is C[C@H](Nc1cc(Cl)nc2c1cnn2C[C@H]1O[C@@H](OCP(=O)(O)O)[C@@H](O)[C@H]1O)c1ccccc1F. The molecule has 0 saturated carbocycles. The van der Waals surface area contributed by atoms with Crippen LogP contribution in [0.25, 0.3) is 11.0 Å². The van der Waals surface area contributed by atoms with Gasteiger partial charge in [0.1, 0.15) is 29.3 Å². The van der Waals surface area contributed by atoms with Crippen molar-refractivity contribution in [2.75, 3.05) is 11.7 Å². The monoisotopic (exact) mass is 516 g/mol. The second-order valence-electron chi connectivity index (χ2n) is 7.93. The number of hydrogen-bond acceptors (Lipinski definition) is 8. The topological polar surface area (TPSA) is 159 Å². The number of nitrogens with zero attached hydrogens (tertiary/aromatic N) is 3. The smallest absolute Gasteiger partial charge is 0.351 e. The van der Waals surface area contributed by atoms with Crippen LogP contribution in [0.2, 0.25) is 5.15 Å². The molecule has 5 N–H and O–H groups in total. The average molecular weight is 517 g/mol. The molecule has 184 valence electrons. The van der Waals surface area contributed by atoms with E-state index in [0.717, 1.165) is 0 Å². The molecule has 0 spiro atoms. The minimum atomic E-state index is -4.49. The summed E-state index contributed by atoms with van der Waals surface area (Å²) in [6.45, 7) is 1.73. The Morgan fingerprint density at radius 1 is 1.32 bits per heavy atom. The lowest BCUT2D eigenvalue weighted by Crippen LogP contribution is -2.35. The first-order chi connectivity index (χ1) is 16.0. The maximum Gasteiger partial charge on any atom is 0.351 e. The molecule has 34 heavy (non-hydrogen) atoms. The summed E-state index contributed by atoms with van der Waals surface area (Å²) in [6.07, 6.45) is -4.80. The van der Waals surface area contributed by atoms with Gasteiger partial charge in [0.25, 0.3) is 0 Å². The molecule has 3 aromatic rings. The molecule has 1 aromatic carbocycles. The number of halogens is 2. The highest BCUT2D eigenvalue weighted by atomic mass is 35.5. The highest BCUT2D eigenvalue weighted by molar-refractivity contribution is 7.51. The molecule has 3 heterocycles. The van der Waals surface area contributed by atoms with Crippen LogP contribution < -0.4 is 5.32 Å². The largest absolute Gasteiger partial charge is 0.387 e. The van der Waals surface area contributed by atoms with E-state index in [1.165, 1.54) is 16.9 Å². The van der Waals surface area contributed by atoms with Crippen LogP contribution in [0.15, 0.2) is 36.5 Å². The molecule has 5 atom stereocenters. The van der Waals surface area contributed by atoms with Crippen LogP contribution in [-0.2, 0) is 20.6 Å². The molecule has 1 aliphatic rings. The van der Waals surface area contributed by atoms with Crippen molar-refractivity contribution < 1.29 is 38.4 Å². The fourth-order valence-corrected chi connectivity index (χ4v) is 4.28. The normalized spacial score (nSPS) is 24.0. The zero-order valence-electron chi connectivity index (χ0n) is 17.8. The van der Waals surface area contributed by atoms with Gasteiger partial charge in [0.2, 0.25) is 0 Å². The maximum atomic E-state index is 14.2. The third kappa shape index (κ3) is 5.40. The van der Waals surface area contributed by atoms with Gasteiger partial charge in [0, 0.05) is 5.56 Å². The Morgan fingerprint density at radius 3 is 2.76 bits per heavy atom. The van der Waals surface area contributed by atoms with Crippen molar-refractivity contribution in [1.29, 1.82) is 0 Å². The predicted molar refractivity (Wildman–Crippen MR) is 120 cm³/mol. The Hall–Kier alpha value is -2.15. The summed E-state index contributed by atoms with van der Waals surface area (Å²) in [5, 5.41) is 28.7. The molecule has 4 rings (SSSR count). The lowest BCUT2D eigenvalue weighted by molar-refractivity contribution is -0.158. The summed E-state index contributed by atoms with van der Waals surface area (Å²) in [5.41, 5.74) is 1.38. The third-order valence-electron chi connectivity index (χ3n) is 5.40. The number of benzene rings is 1.